The van der Waals surface area contributed by atoms with Crippen molar-refractivity contribution < 1.29 is 9.59 Å². The number of rotatable bonds is 6. The van der Waals surface area contributed by atoms with Gasteiger partial charge >= 0.3 is 0 Å². The number of benzene rings is 1. The second-order valence-electron chi connectivity index (χ2n) is 6.92. The molecule has 0 unspecified atom stereocenters. The van der Waals surface area contributed by atoms with E-state index in [1.54, 1.807) is 22.8 Å². The van der Waals surface area contributed by atoms with E-state index in [0.29, 0.717) is 31.7 Å². The molecule has 2 aromatic rings. The fourth-order valence-electron chi connectivity index (χ4n) is 3.38. The van der Waals surface area contributed by atoms with E-state index >= 15 is 0 Å². The van der Waals surface area contributed by atoms with E-state index in [9.17, 15) is 9.59 Å². The number of hydrogen-bond acceptors (Lipinski definition) is 4. The molecule has 1 aliphatic heterocycles. The van der Waals surface area contributed by atoms with Crippen LogP contribution in [0.3, 0.4) is 0 Å². The molecule has 7 heteroatoms. The molecule has 0 aliphatic carbocycles. The van der Waals surface area contributed by atoms with E-state index in [-0.39, 0.29) is 17.7 Å². The van der Waals surface area contributed by atoms with Crippen LogP contribution in [0, 0.1) is 12.8 Å². The second kappa shape index (κ2) is 7.68. The number of amides is 2. The van der Waals surface area contributed by atoms with Gasteiger partial charge in [-0.3, -0.25) is 9.59 Å². The van der Waals surface area contributed by atoms with Gasteiger partial charge in [0.1, 0.15) is 0 Å². The first-order valence-corrected chi connectivity index (χ1v) is 8.95. The summed E-state index contributed by atoms with van der Waals surface area (Å²) in [5, 5.41) is 8.11. The smallest absolute Gasteiger partial charge is 0.275 e. The van der Waals surface area contributed by atoms with Crippen molar-refractivity contribution in [3.05, 3.63) is 47.3 Å². The molecule has 0 radical (unpaired) electrons. The Morgan fingerprint density at radius 2 is 2.12 bits per heavy atom. The number of nitrogens with zero attached hydrogens (tertiary/aromatic N) is 5. The Bertz CT molecular complexity index is 801. The highest BCUT2D eigenvalue weighted by atomic mass is 16.2. The average molecular weight is 355 g/mol. The van der Waals surface area contributed by atoms with Gasteiger partial charge in [-0.2, -0.15) is 0 Å². The monoisotopic (exact) mass is 355 g/mol. The van der Waals surface area contributed by atoms with E-state index in [1.165, 1.54) is 5.56 Å². The molecule has 138 valence electrons. The molecule has 1 aliphatic rings. The summed E-state index contributed by atoms with van der Waals surface area (Å²) in [5.41, 5.74) is 2.66. The summed E-state index contributed by atoms with van der Waals surface area (Å²) in [6, 6.07) is 8.08. The molecule has 0 bridgehead atoms. The van der Waals surface area contributed by atoms with Crippen LogP contribution in [0.2, 0.25) is 0 Å². The van der Waals surface area contributed by atoms with Gasteiger partial charge in [-0.25, -0.2) is 4.68 Å². The molecule has 1 atom stereocenters. The van der Waals surface area contributed by atoms with Crippen molar-refractivity contribution in [2.24, 2.45) is 5.92 Å². The zero-order valence-electron chi connectivity index (χ0n) is 15.6. The molecule has 7 nitrogen and oxygen atoms in total. The molecule has 0 N–H and O–H groups in total. The Morgan fingerprint density at radius 3 is 2.81 bits per heavy atom. The van der Waals surface area contributed by atoms with Crippen LogP contribution in [0.4, 0.5) is 0 Å². The lowest BCUT2D eigenvalue weighted by Gasteiger charge is -2.20. The first-order chi connectivity index (χ1) is 12.5. The number of likely N-dealkylation sites (tertiary alicyclic amines) is 1. The Kier molecular flexibility index (Phi) is 5.35. The van der Waals surface area contributed by atoms with Crippen molar-refractivity contribution in [3.63, 3.8) is 0 Å². The Hall–Kier alpha value is -2.70. The lowest BCUT2D eigenvalue weighted by atomic mass is 10.1. The third-order valence-electron chi connectivity index (χ3n) is 4.91. The lowest BCUT2D eigenvalue weighted by molar-refractivity contribution is -0.127. The molecule has 1 aromatic carbocycles. The van der Waals surface area contributed by atoms with Gasteiger partial charge in [0.2, 0.25) is 5.91 Å². The van der Waals surface area contributed by atoms with Crippen LogP contribution in [0.25, 0.3) is 0 Å². The molecule has 2 heterocycles. The third kappa shape index (κ3) is 3.92. The molecule has 0 spiro atoms. The molecule has 0 saturated carbocycles. The molecular formula is C19H25N5O2. The normalized spacial score (nSPS) is 17.0. The van der Waals surface area contributed by atoms with Gasteiger partial charge in [0.05, 0.1) is 12.7 Å². The standard InChI is InChI=1S/C19H25N5O2/c1-4-23-11-15(9-18(23)25)10-22(3)19(26)17-13-24(21-20-17)12-16-8-6-5-7-14(16)2/h5-8,13,15H,4,9-12H2,1-3H3/t15-/m0/s1. The summed E-state index contributed by atoms with van der Waals surface area (Å²) in [4.78, 5) is 27.9. The number of hydrogen-bond donors (Lipinski definition) is 0. The van der Waals surface area contributed by atoms with Gasteiger partial charge in [-0.15, -0.1) is 5.10 Å². The Balaban J connectivity index is 1.61. The summed E-state index contributed by atoms with van der Waals surface area (Å²) in [7, 11) is 1.75. The minimum Gasteiger partial charge on any atom is -0.343 e. The van der Waals surface area contributed by atoms with Crippen molar-refractivity contribution in [1.29, 1.82) is 0 Å². The van der Waals surface area contributed by atoms with Gasteiger partial charge in [-0.05, 0) is 25.0 Å². The van der Waals surface area contributed by atoms with E-state index in [4.69, 9.17) is 0 Å². The van der Waals surface area contributed by atoms with E-state index in [1.807, 2.05) is 30.0 Å². The van der Waals surface area contributed by atoms with Crippen molar-refractivity contribution in [1.82, 2.24) is 24.8 Å². The minimum atomic E-state index is -0.163. The predicted molar refractivity (Wildman–Crippen MR) is 97.6 cm³/mol. The van der Waals surface area contributed by atoms with E-state index < -0.39 is 0 Å². The summed E-state index contributed by atoms with van der Waals surface area (Å²) in [6.07, 6.45) is 2.19. The van der Waals surface area contributed by atoms with Gasteiger partial charge < -0.3 is 9.80 Å². The van der Waals surface area contributed by atoms with E-state index in [2.05, 4.69) is 23.3 Å². The number of aromatic nitrogens is 3. The first kappa shape index (κ1) is 18.1. The average Bonchev–Trinajstić information content (AvgIpc) is 3.22. The van der Waals surface area contributed by atoms with Gasteiger partial charge in [0, 0.05) is 39.0 Å². The molecule has 1 saturated heterocycles. The van der Waals surface area contributed by atoms with Crippen LogP contribution in [-0.2, 0) is 11.3 Å². The van der Waals surface area contributed by atoms with Gasteiger partial charge in [0.25, 0.3) is 5.91 Å². The maximum atomic E-state index is 12.6. The molecule has 1 fully saturated rings. The fourth-order valence-corrected chi connectivity index (χ4v) is 3.38. The van der Waals surface area contributed by atoms with Gasteiger partial charge in [0.15, 0.2) is 5.69 Å². The van der Waals surface area contributed by atoms with Crippen LogP contribution < -0.4 is 0 Å². The molecule has 26 heavy (non-hydrogen) atoms. The zero-order valence-corrected chi connectivity index (χ0v) is 15.6. The quantitative estimate of drug-likeness (QED) is 0.789. The predicted octanol–water partition coefficient (Wildman–Crippen LogP) is 1.58. The van der Waals surface area contributed by atoms with Crippen LogP contribution >= 0.6 is 0 Å². The van der Waals surface area contributed by atoms with Crippen molar-refractivity contribution in [2.75, 3.05) is 26.7 Å². The summed E-state index contributed by atoms with van der Waals surface area (Å²) >= 11 is 0. The number of carbonyl (C=O) groups excluding carboxylic acids is 2. The fraction of sp³-hybridized carbons (Fsp3) is 0.474. The van der Waals surface area contributed by atoms with Crippen LogP contribution in [-0.4, -0.2) is 63.3 Å². The topological polar surface area (TPSA) is 71.3 Å². The lowest BCUT2D eigenvalue weighted by Crippen LogP contribution is -2.33. The first-order valence-electron chi connectivity index (χ1n) is 8.95. The van der Waals surface area contributed by atoms with Crippen molar-refractivity contribution in [2.45, 2.75) is 26.8 Å². The Labute approximate surface area is 153 Å². The largest absolute Gasteiger partial charge is 0.343 e. The second-order valence-corrected chi connectivity index (χ2v) is 6.92. The van der Waals surface area contributed by atoms with E-state index in [0.717, 1.165) is 12.1 Å². The van der Waals surface area contributed by atoms with Crippen LogP contribution in [0.5, 0.6) is 0 Å². The highest BCUT2D eigenvalue weighted by Crippen LogP contribution is 2.18. The van der Waals surface area contributed by atoms with Crippen LogP contribution in [0.1, 0.15) is 35.0 Å². The maximum Gasteiger partial charge on any atom is 0.275 e. The van der Waals surface area contributed by atoms with Crippen molar-refractivity contribution in [3.8, 4) is 0 Å². The SMILES string of the molecule is CCN1C[C@H](CN(C)C(=O)c2cn(Cc3ccccc3C)nn2)CC1=O. The summed E-state index contributed by atoms with van der Waals surface area (Å²) in [6.45, 7) is 6.59. The molecule has 1 aromatic heterocycles. The Morgan fingerprint density at radius 1 is 1.35 bits per heavy atom. The molecular weight excluding hydrogens is 330 g/mol. The van der Waals surface area contributed by atoms with Crippen molar-refractivity contribution >= 4 is 11.8 Å². The maximum absolute atomic E-state index is 12.6. The molecule has 3 rings (SSSR count). The van der Waals surface area contributed by atoms with Gasteiger partial charge in [-0.1, -0.05) is 29.5 Å². The number of aryl methyl sites for hydroxylation is 1. The number of carbonyl (C=O) groups is 2. The summed E-state index contributed by atoms with van der Waals surface area (Å²) in [5.74, 6) is 0.185. The zero-order chi connectivity index (χ0) is 18.7. The third-order valence-corrected chi connectivity index (χ3v) is 4.91. The minimum absolute atomic E-state index is 0.163. The highest BCUT2D eigenvalue weighted by molar-refractivity contribution is 5.91. The highest BCUT2D eigenvalue weighted by Gasteiger charge is 2.30. The van der Waals surface area contributed by atoms with Crippen LogP contribution in [0.15, 0.2) is 30.5 Å². The summed E-state index contributed by atoms with van der Waals surface area (Å²) < 4.78 is 1.68. The molecule has 2 amide bonds.